The summed E-state index contributed by atoms with van der Waals surface area (Å²) in [6.07, 6.45) is 0. The first-order valence-electron chi connectivity index (χ1n) is 5.89. The molecule has 2 aromatic carbocycles. The normalized spacial score (nSPS) is 10.7. The van der Waals surface area contributed by atoms with E-state index in [-0.39, 0.29) is 6.61 Å². The Kier molecular flexibility index (Phi) is 3.11. The first-order valence-corrected chi connectivity index (χ1v) is 6.26. The maximum atomic E-state index is 9.26. The van der Waals surface area contributed by atoms with Gasteiger partial charge in [-0.2, -0.15) is 5.26 Å². The van der Waals surface area contributed by atoms with Gasteiger partial charge in [0.25, 0.3) is 0 Å². The lowest BCUT2D eigenvalue weighted by Crippen LogP contribution is -2.00. The van der Waals surface area contributed by atoms with Crippen LogP contribution in [-0.2, 0) is 6.61 Å². The summed E-state index contributed by atoms with van der Waals surface area (Å²) in [5.41, 5.74) is 3.13. The van der Waals surface area contributed by atoms with E-state index in [1.807, 2.05) is 0 Å². The number of hydrogen-bond acceptors (Lipinski definition) is 4. The fourth-order valence-corrected chi connectivity index (χ4v) is 2.28. The lowest BCUT2D eigenvalue weighted by Gasteiger charge is -2.08. The SMILES string of the molecule is N#Cc1ccc2nnn(-c3cccc(CO)c3Cl)c2c1. The molecule has 0 saturated carbocycles. The van der Waals surface area contributed by atoms with Gasteiger partial charge in [0.15, 0.2) is 0 Å². The fraction of sp³-hybridized carbons (Fsp3) is 0.0714. The minimum Gasteiger partial charge on any atom is -0.392 e. The van der Waals surface area contributed by atoms with Crippen LogP contribution in [0.5, 0.6) is 0 Å². The van der Waals surface area contributed by atoms with Crippen molar-refractivity contribution in [1.82, 2.24) is 15.0 Å². The van der Waals surface area contributed by atoms with Crippen molar-refractivity contribution in [3.8, 4) is 11.8 Å². The third kappa shape index (κ3) is 1.92. The standard InChI is InChI=1S/C14H9ClN4O/c15-14-10(8-20)2-1-3-12(14)19-13-6-9(7-16)4-5-11(13)17-18-19/h1-6,20H,8H2. The molecule has 0 spiro atoms. The van der Waals surface area contributed by atoms with Gasteiger partial charge >= 0.3 is 0 Å². The summed E-state index contributed by atoms with van der Waals surface area (Å²) in [6.45, 7) is -0.150. The van der Waals surface area contributed by atoms with Crippen LogP contribution in [0.1, 0.15) is 11.1 Å². The maximum absolute atomic E-state index is 9.26. The molecule has 0 saturated heterocycles. The molecule has 1 aromatic heterocycles. The summed E-state index contributed by atoms with van der Waals surface area (Å²) < 4.78 is 1.57. The first-order chi connectivity index (χ1) is 9.74. The van der Waals surface area contributed by atoms with Gasteiger partial charge in [-0.25, -0.2) is 4.68 Å². The smallest absolute Gasteiger partial charge is 0.113 e. The minimum atomic E-state index is -0.150. The predicted molar refractivity (Wildman–Crippen MR) is 74.5 cm³/mol. The highest BCUT2D eigenvalue weighted by Crippen LogP contribution is 2.27. The van der Waals surface area contributed by atoms with E-state index < -0.39 is 0 Å². The molecule has 0 aliphatic carbocycles. The van der Waals surface area contributed by atoms with Gasteiger partial charge < -0.3 is 5.11 Å². The molecule has 0 bridgehead atoms. The minimum absolute atomic E-state index is 0.150. The highest BCUT2D eigenvalue weighted by molar-refractivity contribution is 6.33. The number of rotatable bonds is 2. The molecular formula is C14H9ClN4O. The van der Waals surface area contributed by atoms with E-state index in [1.165, 1.54) is 0 Å². The van der Waals surface area contributed by atoms with Crippen LogP contribution in [-0.4, -0.2) is 20.1 Å². The van der Waals surface area contributed by atoms with Crippen molar-refractivity contribution in [2.45, 2.75) is 6.61 Å². The largest absolute Gasteiger partial charge is 0.392 e. The number of aromatic nitrogens is 3. The number of hydrogen-bond donors (Lipinski definition) is 1. The number of fused-ring (bicyclic) bond motifs is 1. The van der Waals surface area contributed by atoms with Crippen LogP contribution in [0, 0.1) is 11.3 Å². The van der Waals surface area contributed by atoms with Crippen molar-refractivity contribution in [1.29, 1.82) is 5.26 Å². The van der Waals surface area contributed by atoms with Gasteiger partial charge in [0.1, 0.15) is 5.52 Å². The van der Waals surface area contributed by atoms with Gasteiger partial charge in [0, 0.05) is 0 Å². The predicted octanol–water partition coefficient (Wildman–Crippen LogP) is 2.44. The van der Waals surface area contributed by atoms with Crippen molar-refractivity contribution in [2.24, 2.45) is 0 Å². The fourth-order valence-electron chi connectivity index (χ4n) is 2.02. The number of aliphatic hydroxyl groups is 1. The first kappa shape index (κ1) is 12.6. The van der Waals surface area contributed by atoms with Crippen LogP contribution in [0.15, 0.2) is 36.4 Å². The molecule has 3 aromatic rings. The Morgan fingerprint density at radius 2 is 2.15 bits per heavy atom. The Balaban J connectivity index is 2.27. The average molecular weight is 285 g/mol. The number of nitrogens with zero attached hydrogens (tertiary/aromatic N) is 4. The third-order valence-electron chi connectivity index (χ3n) is 3.03. The van der Waals surface area contributed by atoms with E-state index in [4.69, 9.17) is 16.9 Å². The molecule has 0 aliphatic heterocycles. The molecule has 1 heterocycles. The molecule has 0 unspecified atom stereocenters. The highest BCUT2D eigenvalue weighted by atomic mass is 35.5. The van der Waals surface area contributed by atoms with Gasteiger partial charge in [0.2, 0.25) is 0 Å². The monoisotopic (exact) mass is 284 g/mol. The summed E-state index contributed by atoms with van der Waals surface area (Å²) in [7, 11) is 0. The Morgan fingerprint density at radius 3 is 2.90 bits per heavy atom. The molecule has 0 atom stereocenters. The van der Waals surface area contributed by atoms with Crippen molar-refractivity contribution >= 4 is 22.6 Å². The Morgan fingerprint density at radius 1 is 1.30 bits per heavy atom. The van der Waals surface area contributed by atoms with Gasteiger partial charge in [-0.1, -0.05) is 28.9 Å². The van der Waals surface area contributed by atoms with E-state index >= 15 is 0 Å². The maximum Gasteiger partial charge on any atom is 0.113 e. The van der Waals surface area contributed by atoms with Gasteiger partial charge in [-0.15, -0.1) is 5.10 Å². The average Bonchev–Trinajstić information content (AvgIpc) is 2.90. The summed E-state index contributed by atoms with van der Waals surface area (Å²) >= 11 is 6.26. The number of aliphatic hydroxyl groups excluding tert-OH is 1. The third-order valence-corrected chi connectivity index (χ3v) is 3.47. The van der Waals surface area contributed by atoms with Crippen LogP contribution in [0.25, 0.3) is 16.7 Å². The summed E-state index contributed by atoms with van der Waals surface area (Å²) in [6, 6.07) is 12.5. The number of halogens is 1. The Labute approximate surface area is 119 Å². The zero-order valence-corrected chi connectivity index (χ0v) is 11.0. The molecule has 20 heavy (non-hydrogen) atoms. The number of benzene rings is 2. The molecule has 0 fully saturated rings. The Bertz CT molecular complexity index is 835. The van der Waals surface area contributed by atoms with Gasteiger partial charge in [-0.05, 0) is 29.8 Å². The lowest BCUT2D eigenvalue weighted by atomic mass is 10.2. The van der Waals surface area contributed by atoms with E-state index in [0.717, 1.165) is 0 Å². The van der Waals surface area contributed by atoms with Crippen LogP contribution >= 0.6 is 11.6 Å². The van der Waals surface area contributed by atoms with Crippen LogP contribution in [0.3, 0.4) is 0 Å². The molecule has 0 amide bonds. The zero-order chi connectivity index (χ0) is 14.1. The molecule has 1 N–H and O–H groups in total. The topological polar surface area (TPSA) is 74.7 Å². The van der Waals surface area contributed by atoms with Crippen molar-refractivity contribution in [3.05, 3.63) is 52.5 Å². The lowest BCUT2D eigenvalue weighted by molar-refractivity contribution is 0.282. The quantitative estimate of drug-likeness (QED) is 0.784. The summed E-state index contributed by atoms with van der Waals surface area (Å²) in [5, 5.41) is 26.8. The van der Waals surface area contributed by atoms with Crippen LogP contribution in [0.4, 0.5) is 0 Å². The number of nitriles is 1. The van der Waals surface area contributed by atoms with E-state index in [2.05, 4.69) is 16.4 Å². The van der Waals surface area contributed by atoms with E-state index in [0.29, 0.717) is 32.9 Å². The van der Waals surface area contributed by atoms with Crippen molar-refractivity contribution in [3.63, 3.8) is 0 Å². The molecule has 98 valence electrons. The molecule has 0 radical (unpaired) electrons. The molecule has 0 aliphatic rings. The summed E-state index contributed by atoms with van der Waals surface area (Å²) in [5.74, 6) is 0. The second-order valence-corrected chi connectivity index (χ2v) is 4.60. The molecule has 5 nitrogen and oxygen atoms in total. The van der Waals surface area contributed by atoms with Crippen molar-refractivity contribution < 1.29 is 5.11 Å². The molecular weight excluding hydrogens is 276 g/mol. The van der Waals surface area contributed by atoms with Gasteiger partial charge in [0.05, 0.1) is 34.5 Å². The van der Waals surface area contributed by atoms with Crippen LogP contribution in [0.2, 0.25) is 5.02 Å². The molecule has 3 rings (SSSR count). The Hall–Kier alpha value is -2.42. The van der Waals surface area contributed by atoms with Crippen LogP contribution < -0.4 is 0 Å². The zero-order valence-electron chi connectivity index (χ0n) is 10.3. The molecule has 6 heteroatoms. The van der Waals surface area contributed by atoms with Gasteiger partial charge in [-0.3, -0.25) is 0 Å². The highest BCUT2D eigenvalue weighted by Gasteiger charge is 2.12. The van der Waals surface area contributed by atoms with Crippen molar-refractivity contribution in [2.75, 3.05) is 0 Å². The second-order valence-electron chi connectivity index (χ2n) is 4.22. The van der Waals surface area contributed by atoms with E-state index in [9.17, 15) is 5.11 Å². The second kappa shape index (κ2) is 4.93. The summed E-state index contributed by atoms with van der Waals surface area (Å²) in [4.78, 5) is 0. The van der Waals surface area contributed by atoms with E-state index in [1.54, 1.807) is 41.1 Å².